The summed E-state index contributed by atoms with van der Waals surface area (Å²) >= 11 is 0. The second-order valence-corrected chi connectivity index (χ2v) is 5.41. The van der Waals surface area contributed by atoms with Crippen LogP contribution in [0.5, 0.6) is 0 Å². The van der Waals surface area contributed by atoms with Crippen LogP contribution in [0.4, 0.5) is 0 Å². The Balaban J connectivity index is 2.69. The van der Waals surface area contributed by atoms with Crippen LogP contribution in [0.2, 0.25) is 0 Å². The van der Waals surface area contributed by atoms with Crippen molar-refractivity contribution in [3.8, 4) is 11.1 Å². The van der Waals surface area contributed by atoms with Gasteiger partial charge in [-0.05, 0) is 40.2 Å². The Morgan fingerprint density at radius 1 is 0.778 bits per heavy atom. The molecule has 0 nitrogen and oxygen atoms in total. The minimum Gasteiger partial charge on any atom is -0.0617 e. The van der Waals surface area contributed by atoms with Crippen LogP contribution in [0.15, 0.2) is 42.5 Å². The second-order valence-electron chi connectivity index (χ2n) is 5.41. The predicted octanol–water partition coefficient (Wildman–Crippen LogP) is 5.40. The summed E-state index contributed by atoms with van der Waals surface area (Å²) in [6.07, 6.45) is 0. The van der Waals surface area contributed by atoms with Crippen molar-refractivity contribution < 1.29 is 0 Å². The van der Waals surface area contributed by atoms with Crippen molar-refractivity contribution in [1.29, 1.82) is 0 Å². The van der Waals surface area contributed by atoms with Crippen LogP contribution in [0.3, 0.4) is 0 Å². The molecule has 0 aliphatic heterocycles. The highest BCUT2D eigenvalue weighted by molar-refractivity contribution is 5.72. The van der Waals surface area contributed by atoms with Gasteiger partial charge in [0.2, 0.25) is 0 Å². The van der Waals surface area contributed by atoms with Crippen molar-refractivity contribution in [3.05, 3.63) is 59.7 Å². The highest BCUT2D eigenvalue weighted by Crippen LogP contribution is 2.35. The molecule has 0 aromatic heterocycles. The van der Waals surface area contributed by atoms with E-state index < -0.39 is 0 Å². The van der Waals surface area contributed by atoms with Crippen LogP contribution in [0.25, 0.3) is 11.1 Å². The lowest BCUT2D eigenvalue weighted by molar-refractivity contribution is 0.838. The molecule has 0 heteroatoms. The summed E-state index contributed by atoms with van der Waals surface area (Å²) in [4.78, 5) is 0. The van der Waals surface area contributed by atoms with Crippen molar-refractivity contribution in [2.24, 2.45) is 0 Å². The lowest BCUT2D eigenvalue weighted by atomic mass is 9.85. The quantitative estimate of drug-likeness (QED) is 0.670. The molecule has 1 radical (unpaired) electrons. The van der Waals surface area contributed by atoms with E-state index in [2.05, 4.69) is 64.1 Å². The van der Waals surface area contributed by atoms with E-state index in [1.807, 2.05) is 12.1 Å². The summed E-state index contributed by atoms with van der Waals surface area (Å²) in [7, 11) is 0. The zero-order valence-electron chi connectivity index (χ0n) is 11.7. The Bertz CT molecular complexity index is 481. The number of rotatable bonds is 3. The highest BCUT2D eigenvalue weighted by atomic mass is 14.2. The van der Waals surface area contributed by atoms with Crippen LogP contribution in [-0.2, 0) is 0 Å². The lowest BCUT2D eigenvalue weighted by Crippen LogP contribution is -1.99. The maximum atomic E-state index is 3.10. The largest absolute Gasteiger partial charge is 0.0617 e. The minimum atomic E-state index is 0.544. The average Bonchev–Trinajstić information content (AvgIpc) is 2.38. The smallest absolute Gasteiger partial charge is 0.0115 e. The van der Waals surface area contributed by atoms with Gasteiger partial charge < -0.3 is 0 Å². The van der Waals surface area contributed by atoms with Crippen molar-refractivity contribution in [2.75, 3.05) is 0 Å². The fourth-order valence-corrected chi connectivity index (χ4v) is 2.44. The SMILES string of the molecule is CC(C)c1cccc(C(C)C)c1-c1cc[c]cc1. The molecule has 0 unspecified atom stereocenters. The maximum absolute atomic E-state index is 3.10. The van der Waals surface area contributed by atoms with Gasteiger partial charge in [-0.2, -0.15) is 0 Å². The molecule has 0 spiro atoms. The topological polar surface area (TPSA) is 0 Å². The van der Waals surface area contributed by atoms with E-state index in [9.17, 15) is 0 Å². The van der Waals surface area contributed by atoms with Gasteiger partial charge in [-0.3, -0.25) is 0 Å². The first-order valence-corrected chi connectivity index (χ1v) is 6.70. The average molecular weight is 237 g/mol. The molecular weight excluding hydrogens is 216 g/mol. The van der Waals surface area contributed by atoms with Gasteiger partial charge in [0.05, 0.1) is 0 Å². The molecule has 0 atom stereocenters. The molecule has 0 saturated heterocycles. The molecule has 2 aromatic rings. The lowest BCUT2D eigenvalue weighted by Gasteiger charge is -2.19. The van der Waals surface area contributed by atoms with E-state index in [1.165, 1.54) is 22.3 Å². The number of hydrogen-bond acceptors (Lipinski definition) is 0. The molecule has 0 N–H and O–H groups in total. The standard InChI is InChI=1S/C18H21/c1-13(2)16-11-8-12-17(14(3)4)18(16)15-9-6-5-7-10-15/h6-14H,1-4H3. The summed E-state index contributed by atoms with van der Waals surface area (Å²) in [5.74, 6) is 1.09. The van der Waals surface area contributed by atoms with Gasteiger partial charge in [-0.1, -0.05) is 70.2 Å². The van der Waals surface area contributed by atoms with Gasteiger partial charge in [0, 0.05) is 0 Å². The van der Waals surface area contributed by atoms with Crippen molar-refractivity contribution >= 4 is 0 Å². The third-order valence-electron chi connectivity index (χ3n) is 3.38. The van der Waals surface area contributed by atoms with Crippen LogP contribution in [0.1, 0.15) is 50.7 Å². The van der Waals surface area contributed by atoms with Crippen molar-refractivity contribution in [2.45, 2.75) is 39.5 Å². The summed E-state index contributed by atoms with van der Waals surface area (Å²) < 4.78 is 0. The van der Waals surface area contributed by atoms with Crippen LogP contribution >= 0.6 is 0 Å². The van der Waals surface area contributed by atoms with Gasteiger partial charge in [0.25, 0.3) is 0 Å². The van der Waals surface area contributed by atoms with Crippen molar-refractivity contribution in [3.63, 3.8) is 0 Å². The molecule has 0 aliphatic rings. The van der Waals surface area contributed by atoms with E-state index in [-0.39, 0.29) is 0 Å². The summed E-state index contributed by atoms with van der Waals surface area (Å²) in [5.41, 5.74) is 5.60. The van der Waals surface area contributed by atoms with Crippen LogP contribution < -0.4 is 0 Å². The molecule has 0 aliphatic carbocycles. The Kier molecular flexibility index (Phi) is 3.86. The molecule has 0 heterocycles. The zero-order valence-corrected chi connectivity index (χ0v) is 11.7. The zero-order chi connectivity index (χ0) is 13.1. The van der Waals surface area contributed by atoms with Gasteiger partial charge in [0.1, 0.15) is 0 Å². The Morgan fingerprint density at radius 3 is 1.72 bits per heavy atom. The summed E-state index contributed by atoms with van der Waals surface area (Å²) in [6.45, 7) is 9.05. The van der Waals surface area contributed by atoms with Crippen molar-refractivity contribution in [1.82, 2.24) is 0 Å². The predicted molar refractivity (Wildman–Crippen MR) is 78.9 cm³/mol. The Morgan fingerprint density at radius 2 is 1.28 bits per heavy atom. The first-order chi connectivity index (χ1) is 8.61. The Hall–Kier alpha value is -1.56. The minimum absolute atomic E-state index is 0.544. The molecule has 18 heavy (non-hydrogen) atoms. The second kappa shape index (κ2) is 5.39. The third kappa shape index (κ3) is 2.48. The number of hydrogen-bond donors (Lipinski definition) is 0. The summed E-state index contributed by atoms with van der Waals surface area (Å²) in [5, 5.41) is 0. The highest BCUT2D eigenvalue weighted by Gasteiger charge is 2.14. The van der Waals surface area contributed by atoms with E-state index in [4.69, 9.17) is 0 Å². The maximum Gasteiger partial charge on any atom is -0.0115 e. The molecule has 2 rings (SSSR count). The first-order valence-electron chi connectivity index (χ1n) is 6.70. The molecule has 0 bridgehead atoms. The van der Waals surface area contributed by atoms with E-state index in [0.29, 0.717) is 11.8 Å². The van der Waals surface area contributed by atoms with E-state index in [0.717, 1.165) is 0 Å². The fourth-order valence-electron chi connectivity index (χ4n) is 2.44. The van der Waals surface area contributed by atoms with Gasteiger partial charge in [0.15, 0.2) is 0 Å². The molecule has 93 valence electrons. The van der Waals surface area contributed by atoms with Crippen LogP contribution in [0, 0.1) is 6.07 Å². The Labute approximate surface area is 111 Å². The third-order valence-corrected chi connectivity index (χ3v) is 3.38. The molecule has 0 amide bonds. The van der Waals surface area contributed by atoms with Gasteiger partial charge in [-0.25, -0.2) is 0 Å². The molecule has 0 fully saturated rings. The first kappa shape index (κ1) is 12.9. The molecule has 0 saturated carbocycles. The summed E-state index contributed by atoms with van der Waals surface area (Å²) in [6, 6.07) is 18.1. The van der Waals surface area contributed by atoms with E-state index >= 15 is 0 Å². The molecular formula is C18H21. The van der Waals surface area contributed by atoms with Gasteiger partial charge >= 0.3 is 0 Å². The monoisotopic (exact) mass is 237 g/mol. The molecule has 2 aromatic carbocycles. The van der Waals surface area contributed by atoms with Crippen LogP contribution in [-0.4, -0.2) is 0 Å². The number of benzene rings is 2. The normalized spacial score (nSPS) is 11.2. The fraction of sp³-hybridized carbons (Fsp3) is 0.333. The van der Waals surface area contributed by atoms with E-state index in [1.54, 1.807) is 0 Å². The van der Waals surface area contributed by atoms with Gasteiger partial charge in [-0.15, -0.1) is 0 Å².